The van der Waals surface area contributed by atoms with E-state index in [9.17, 15) is 0 Å². The van der Waals surface area contributed by atoms with E-state index in [0.29, 0.717) is 11.1 Å². The fraction of sp³-hybridized carbons (Fsp3) is 0.105. The second kappa shape index (κ2) is 12.8. The molecule has 0 aliphatic rings. The van der Waals surface area contributed by atoms with Crippen LogP contribution in [0, 0.1) is 47.0 Å². The molecule has 0 spiro atoms. The van der Waals surface area contributed by atoms with Gasteiger partial charge < -0.3 is 9.80 Å². The van der Waals surface area contributed by atoms with Gasteiger partial charge in [-0.15, -0.1) is 0 Å². The fourth-order valence-electron chi connectivity index (χ4n) is 4.55. The molecular weight excluding hydrogens is 560 g/mol. The van der Waals surface area contributed by atoms with E-state index in [1.165, 1.54) is 24.3 Å². The first-order valence-corrected chi connectivity index (χ1v) is 13.8. The van der Waals surface area contributed by atoms with Crippen LogP contribution in [0.2, 0.25) is 0 Å². The van der Waals surface area contributed by atoms with Crippen LogP contribution in [0.5, 0.6) is 0 Å². The molecular formula is C38H28F4N2. The quantitative estimate of drug-likeness (QED) is 0.118. The number of rotatable bonds is 4. The van der Waals surface area contributed by atoms with Crippen molar-refractivity contribution in [1.82, 2.24) is 0 Å². The second-order valence-electron chi connectivity index (χ2n) is 10.5. The molecule has 44 heavy (non-hydrogen) atoms. The van der Waals surface area contributed by atoms with Crippen LogP contribution >= 0.6 is 0 Å². The fourth-order valence-corrected chi connectivity index (χ4v) is 4.55. The van der Waals surface area contributed by atoms with Gasteiger partial charge in [0.05, 0.1) is 11.1 Å². The number of anilines is 2. The van der Waals surface area contributed by atoms with Crippen LogP contribution in [0.3, 0.4) is 0 Å². The Morgan fingerprint density at radius 1 is 0.364 bits per heavy atom. The Kier molecular flexibility index (Phi) is 8.74. The summed E-state index contributed by atoms with van der Waals surface area (Å²) in [5, 5.41) is 0. The van der Waals surface area contributed by atoms with Gasteiger partial charge >= 0.3 is 0 Å². The molecule has 0 unspecified atom stereocenters. The molecule has 0 aliphatic heterocycles. The Bertz CT molecular complexity index is 1750. The molecule has 0 bridgehead atoms. The third-order valence-electron chi connectivity index (χ3n) is 7.08. The first-order chi connectivity index (χ1) is 21.1. The highest BCUT2D eigenvalue weighted by molar-refractivity contribution is 5.74. The van der Waals surface area contributed by atoms with Gasteiger partial charge in [0.25, 0.3) is 0 Å². The van der Waals surface area contributed by atoms with E-state index < -0.39 is 34.4 Å². The molecule has 0 fully saturated rings. The first kappa shape index (κ1) is 30.0. The molecule has 0 N–H and O–H groups in total. The van der Waals surface area contributed by atoms with Gasteiger partial charge in [0.2, 0.25) is 0 Å². The summed E-state index contributed by atoms with van der Waals surface area (Å²) in [6.07, 6.45) is 0. The van der Waals surface area contributed by atoms with Crippen molar-refractivity contribution in [2.75, 3.05) is 38.0 Å². The summed E-state index contributed by atoms with van der Waals surface area (Å²) in [5.74, 6) is 6.17. The van der Waals surface area contributed by atoms with Gasteiger partial charge in [-0.3, -0.25) is 0 Å². The van der Waals surface area contributed by atoms with E-state index in [2.05, 4.69) is 23.7 Å². The summed E-state index contributed by atoms with van der Waals surface area (Å²) in [7, 11) is 7.78. The highest BCUT2D eigenvalue weighted by Crippen LogP contribution is 2.37. The number of benzene rings is 5. The third-order valence-corrected chi connectivity index (χ3v) is 7.08. The summed E-state index contributed by atoms with van der Waals surface area (Å²) in [6.45, 7) is 0. The third kappa shape index (κ3) is 6.46. The SMILES string of the molecule is CN(C)c1ccc(C#Cc2ccc(-c3c(F)c(F)c(-c4ccc(C#Cc5ccc(N(C)C)cc5)cc4)c(F)c3F)cc2)cc1. The lowest BCUT2D eigenvalue weighted by Crippen LogP contribution is -2.07. The average molecular weight is 589 g/mol. The molecule has 0 saturated carbocycles. The van der Waals surface area contributed by atoms with Crippen LogP contribution in [0.25, 0.3) is 22.3 Å². The van der Waals surface area contributed by atoms with Crippen LogP contribution in [0.15, 0.2) is 97.1 Å². The van der Waals surface area contributed by atoms with Gasteiger partial charge in [-0.25, -0.2) is 17.6 Å². The zero-order chi connectivity index (χ0) is 31.4. The van der Waals surface area contributed by atoms with Crippen molar-refractivity contribution in [3.63, 3.8) is 0 Å². The maximum atomic E-state index is 15.3. The van der Waals surface area contributed by atoms with Gasteiger partial charge in [0, 0.05) is 61.8 Å². The maximum Gasteiger partial charge on any atom is 0.170 e. The monoisotopic (exact) mass is 588 g/mol. The molecule has 0 atom stereocenters. The molecule has 0 amide bonds. The van der Waals surface area contributed by atoms with Gasteiger partial charge in [0.15, 0.2) is 23.3 Å². The van der Waals surface area contributed by atoms with Crippen molar-refractivity contribution in [1.29, 1.82) is 0 Å². The number of hydrogen-bond acceptors (Lipinski definition) is 2. The van der Waals surface area contributed by atoms with Crippen molar-refractivity contribution < 1.29 is 17.6 Å². The van der Waals surface area contributed by atoms with E-state index in [0.717, 1.165) is 22.5 Å². The van der Waals surface area contributed by atoms with Gasteiger partial charge in [-0.2, -0.15) is 0 Å². The van der Waals surface area contributed by atoms with Gasteiger partial charge in [-0.1, -0.05) is 47.9 Å². The summed E-state index contributed by atoms with van der Waals surface area (Å²) >= 11 is 0. The van der Waals surface area contributed by atoms with Crippen molar-refractivity contribution in [2.45, 2.75) is 0 Å². The van der Waals surface area contributed by atoms with Crippen molar-refractivity contribution >= 4 is 11.4 Å². The Morgan fingerprint density at radius 2 is 0.591 bits per heavy atom. The minimum atomic E-state index is -1.47. The van der Waals surface area contributed by atoms with E-state index in [1.54, 1.807) is 24.3 Å². The summed E-state index contributed by atoms with van der Waals surface area (Å²) in [6, 6.07) is 27.1. The molecule has 0 heterocycles. The van der Waals surface area contributed by atoms with Crippen LogP contribution in [-0.4, -0.2) is 28.2 Å². The van der Waals surface area contributed by atoms with E-state index in [-0.39, 0.29) is 11.1 Å². The number of hydrogen-bond donors (Lipinski definition) is 0. The second-order valence-corrected chi connectivity index (χ2v) is 10.5. The number of nitrogens with zero attached hydrogens (tertiary/aromatic N) is 2. The predicted molar refractivity (Wildman–Crippen MR) is 171 cm³/mol. The molecule has 0 saturated heterocycles. The van der Waals surface area contributed by atoms with E-state index in [4.69, 9.17) is 0 Å². The van der Waals surface area contributed by atoms with Gasteiger partial charge in [0.1, 0.15) is 0 Å². The zero-order valence-electron chi connectivity index (χ0n) is 24.6. The minimum absolute atomic E-state index is 0.00512. The largest absolute Gasteiger partial charge is 0.378 e. The van der Waals surface area contributed by atoms with Crippen molar-refractivity contribution in [3.8, 4) is 45.9 Å². The highest BCUT2D eigenvalue weighted by Gasteiger charge is 2.27. The summed E-state index contributed by atoms with van der Waals surface area (Å²) < 4.78 is 61.0. The lowest BCUT2D eigenvalue weighted by Gasteiger charge is -2.13. The molecule has 5 aromatic carbocycles. The Morgan fingerprint density at radius 3 is 0.818 bits per heavy atom. The maximum absolute atomic E-state index is 15.3. The van der Waals surface area contributed by atoms with Crippen molar-refractivity contribution in [2.24, 2.45) is 0 Å². The Balaban J connectivity index is 1.37. The van der Waals surface area contributed by atoms with Crippen LogP contribution < -0.4 is 9.80 Å². The lowest BCUT2D eigenvalue weighted by atomic mass is 9.96. The molecule has 5 rings (SSSR count). The van der Waals surface area contributed by atoms with Gasteiger partial charge in [-0.05, 0) is 83.9 Å². The Hall–Kier alpha value is -5.46. The summed E-state index contributed by atoms with van der Waals surface area (Å²) in [5.41, 5.74) is 3.28. The van der Waals surface area contributed by atoms with Crippen LogP contribution in [0.1, 0.15) is 22.3 Å². The summed E-state index contributed by atoms with van der Waals surface area (Å²) in [4.78, 5) is 3.96. The van der Waals surface area contributed by atoms with Crippen LogP contribution in [0.4, 0.5) is 28.9 Å². The normalized spacial score (nSPS) is 10.4. The minimum Gasteiger partial charge on any atom is -0.378 e. The smallest absolute Gasteiger partial charge is 0.170 e. The predicted octanol–water partition coefficient (Wildman–Crippen LogP) is 8.51. The first-order valence-electron chi connectivity index (χ1n) is 13.8. The topological polar surface area (TPSA) is 6.48 Å². The molecule has 0 aromatic heterocycles. The van der Waals surface area contributed by atoms with Crippen molar-refractivity contribution in [3.05, 3.63) is 143 Å². The molecule has 218 valence electrons. The molecule has 5 aromatic rings. The molecule has 0 radical (unpaired) electrons. The standard InChI is InChI=1S/C38H28F4N2/c1-43(2)31-21-13-27(14-22-31)7-5-25-9-17-29(18-10-25)33-35(39)37(41)34(38(42)36(33)40)30-19-11-26(12-20-30)6-8-28-15-23-32(24-16-28)44(3)4/h9-24H,1-4H3. The number of halogens is 4. The lowest BCUT2D eigenvalue weighted by molar-refractivity contribution is 0.463. The van der Waals surface area contributed by atoms with Crippen LogP contribution in [-0.2, 0) is 0 Å². The van der Waals surface area contributed by atoms with E-state index >= 15 is 17.6 Å². The molecule has 6 heteroatoms. The highest BCUT2D eigenvalue weighted by atomic mass is 19.2. The Labute approximate surface area is 255 Å². The average Bonchev–Trinajstić information content (AvgIpc) is 3.03. The van der Waals surface area contributed by atoms with E-state index in [1.807, 2.05) is 86.5 Å². The molecule has 2 nitrogen and oxygen atoms in total. The zero-order valence-corrected chi connectivity index (χ0v) is 24.6. The molecule has 0 aliphatic carbocycles.